The molecule has 1 aliphatic rings. The Balaban J connectivity index is 2.45. The number of rotatable bonds is 10. The van der Waals surface area contributed by atoms with Crippen LogP contribution in [-0.2, 0) is 14.3 Å². The first-order valence-corrected chi connectivity index (χ1v) is 10.6. The summed E-state index contributed by atoms with van der Waals surface area (Å²) in [6, 6.07) is 8.24. The van der Waals surface area contributed by atoms with Gasteiger partial charge in [0.15, 0.2) is 0 Å². The first kappa shape index (κ1) is 23.7. The lowest BCUT2D eigenvalue weighted by molar-refractivity contribution is -0.140. The van der Waals surface area contributed by atoms with Crippen LogP contribution < -0.4 is 10.1 Å². The zero-order valence-corrected chi connectivity index (χ0v) is 17.9. The zero-order chi connectivity index (χ0) is 22.1. The summed E-state index contributed by atoms with van der Waals surface area (Å²) in [4.78, 5) is 12.9. The number of alkyl halides is 2. The van der Waals surface area contributed by atoms with E-state index in [4.69, 9.17) is 9.47 Å². The van der Waals surface area contributed by atoms with Gasteiger partial charge in [-0.1, -0.05) is 25.1 Å². The number of esters is 1. The number of hydrogen-bond donors (Lipinski definition) is 1. The summed E-state index contributed by atoms with van der Waals surface area (Å²) in [5, 5.41) is 13.4. The van der Waals surface area contributed by atoms with Gasteiger partial charge in [-0.2, -0.15) is 14.0 Å². The lowest BCUT2D eigenvalue weighted by Crippen LogP contribution is -2.29. The number of carbonyl (C=O) groups excluding carboxylic acids is 1. The number of allylic oxidation sites excluding steroid dienone is 2. The maximum Gasteiger partial charge on any atom is 0.387 e. The van der Waals surface area contributed by atoms with E-state index in [2.05, 4.69) is 16.1 Å². The van der Waals surface area contributed by atoms with Crippen LogP contribution >= 0.6 is 11.8 Å². The van der Waals surface area contributed by atoms with Crippen molar-refractivity contribution >= 4 is 17.7 Å². The van der Waals surface area contributed by atoms with Gasteiger partial charge in [-0.25, -0.2) is 4.79 Å². The Kier molecular flexibility index (Phi) is 9.15. The van der Waals surface area contributed by atoms with Gasteiger partial charge in [0.1, 0.15) is 12.4 Å². The van der Waals surface area contributed by atoms with Crippen LogP contribution in [0.15, 0.2) is 46.1 Å². The van der Waals surface area contributed by atoms with Gasteiger partial charge in [0.25, 0.3) is 0 Å². The molecule has 0 aliphatic carbocycles. The normalized spacial score (nSPS) is 16.4. The maximum absolute atomic E-state index is 13.0. The van der Waals surface area contributed by atoms with Gasteiger partial charge in [0, 0.05) is 17.9 Å². The fraction of sp³-hybridized carbons (Fsp3) is 0.429. The van der Waals surface area contributed by atoms with Crippen LogP contribution in [0.25, 0.3) is 0 Å². The van der Waals surface area contributed by atoms with Gasteiger partial charge in [-0.05, 0) is 25.7 Å². The number of nitrogens with zero attached hydrogens (tertiary/aromatic N) is 1. The molecule has 1 atom stereocenters. The van der Waals surface area contributed by atoms with E-state index < -0.39 is 18.5 Å². The number of hydrogen-bond acceptors (Lipinski definition) is 7. The Morgan fingerprint density at radius 1 is 1.30 bits per heavy atom. The molecule has 0 saturated carbocycles. The number of halogens is 2. The van der Waals surface area contributed by atoms with E-state index in [1.807, 2.05) is 6.92 Å². The average Bonchev–Trinajstić information content (AvgIpc) is 2.72. The molecule has 0 unspecified atom stereocenters. The quantitative estimate of drug-likeness (QED) is 0.430. The Labute approximate surface area is 178 Å². The third-order valence-electron chi connectivity index (χ3n) is 4.33. The Morgan fingerprint density at radius 3 is 2.67 bits per heavy atom. The van der Waals surface area contributed by atoms with E-state index in [0.29, 0.717) is 17.3 Å². The van der Waals surface area contributed by atoms with E-state index in [1.54, 1.807) is 31.4 Å². The Morgan fingerprint density at radius 2 is 2.03 bits per heavy atom. The van der Waals surface area contributed by atoms with Crippen molar-refractivity contribution in [3.63, 3.8) is 0 Å². The van der Waals surface area contributed by atoms with Crippen molar-refractivity contribution in [1.29, 1.82) is 5.26 Å². The molecular formula is C21H24F2N2O4S. The highest BCUT2D eigenvalue weighted by atomic mass is 32.2. The molecule has 9 heteroatoms. The monoisotopic (exact) mass is 438 g/mol. The lowest BCUT2D eigenvalue weighted by Gasteiger charge is -2.29. The number of thioether (sulfide) groups is 1. The molecule has 1 aliphatic heterocycles. The van der Waals surface area contributed by atoms with Crippen LogP contribution in [-0.4, -0.2) is 38.7 Å². The van der Waals surface area contributed by atoms with Crippen molar-refractivity contribution in [2.24, 2.45) is 0 Å². The second-order valence-electron chi connectivity index (χ2n) is 6.32. The SMILES string of the molecule is CCCOCCOC(=O)C1=C(C)NC(SC)=C(C#N)[C@H]1c1ccccc1OC(F)F. The van der Waals surface area contributed by atoms with E-state index >= 15 is 0 Å². The number of dihydropyridines is 1. The van der Waals surface area contributed by atoms with Gasteiger partial charge >= 0.3 is 12.6 Å². The van der Waals surface area contributed by atoms with E-state index in [0.717, 1.165) is 6.42 Å². The number of ether oxygens (including phenoxy) is 3. The lowest BCUT2D eigenvalue weighted by atomic mass is 9.82. The molecule has 2 rings (SSSR count). The summed E-state index contributed by atoms with van der Waals surface area (Å²) < 4.78 is 41.2. The molecule has 0 aromatic heterocycles. The van der Waals surface area contributed by atoms with Crippen LogP contribution in [0.2, 0.25) is 0 Å². The number of nitrogens with one attached hydrogen (secondary N) is 1. The van der Waals surface area contributed by atoms with E-state index in [9.17, 15) is 18.8 Å². The predicted octanol–water partition coefficient (Wildman–Crippen LogP) is 4.32. The first-order chi connectivity index (χ1) is 14.4. The van der Waals surface area contributed by atoms with Gasteiger partial charge in [0.2, 0.25) is 0 Å². The summed E-state index contributed by atoms with van der Waals surface area (Å²) in [5.41, 5.74) is 1.17. The molecule has 1 heterocycles. The van der Waals surface area contributed by atoms with Crippen LogP contribution in [0.1, 0.15) is 31.7 Å². The van der Waals surface area contributed by atoms with Crippen LogP contribution in [0.5, 0.6) is 5.75 Å². The zero-order valence-electron chi connectivity index (χ0n) is 17.0. The first-order valence-electron chi connectivity index (χ1n) is 9.39. The molecule has 0 amide bonds. The third-order valence-corrected chi connectivity index (χ3v) is 5.06. The topological polar surface area (TPSA) is 80.6 Å². The van der Waals surface area contributed by atoms with Gasteiger partial charge in [0.05, 0.1) is 34.8 Å². The van der Waals surface area contributed by atoms with Crippen molar-refractivity contribution in [2.45, 2.75) is 32.8 Å². The number of nitriles is 1. The van der Waals surface area contributed by atoms with Crippen LogP contribution in [0.4, 0.5) is 8.78 Å². The highest BCUT2D eigenvalue weighted by Gasteiger charge is 2.37. The van der Waals surface area contributed by atoms with Crippen molar-refractivity contribution in [1.82, 2.24) is 5.32 Å². The molecular weight excluding hydrogens is 414 g/mol. The van der Waals surface area contributed by atoms with Crippen molar-refractivity contribution in [3.8, 4) is 11.8 Å². The smallest absolute Gasteiger partial charge is 0.387 e. The van der Waals surface area contributed by atoms with E-state index in [-0.39, 0.29) is 35.7 Å². The molecule has 1 N–H and O–H groups in total. The highest BCUT2D eigenvalue weighted by molar-refractivity contribution is 8.02. The Bertz CT molecular complexity index is 865. The Hall–Kier alpha value is -2.57. The van der Waals surface area contributed by atoms with Crippen molar-refractivity contribution in [3.05, 3.63) is 51.7 Å². The largest absolute Gasteiger partial charge is 0.460 e. The fourth-order valence-electron chi connectivity index (χ4n) is 3.09. The summed E-state index contributed by atoms with van der Waals surface area (Å²) in [5.74, 6) is -1.65. The minimum Gasteiger partial charge on any atom is -0.460 e. The van der Waals surface area contributed by atoms with Gasteiger partial charge < -0.3 is 19.5 Å². The second-order valence-corrected chi connectivity index (χ2v) is 7.14. The molecule has 0 radical (unpaired) electrons. The summed E-state index contributed by atoms with van der Waals surface area (Å²) in [7, 11) is 0. The molecule has 162 valence electrons. The number of para-hydroxylation sites is 1. The maximum atomic E-state index is 13.0. The second kappa shape index (κ2) is 11.6. The molecule has 0 spiro atoms. The summed E-state index contributed by atoms with van der Waals surface area (Å²) in [6.07, 6.45) is 2.62. The minimum atomic E-state index is -3.04. The fourth-order valence-corrected chi connectivity index (χ4v) is 3.73. The van der Waals surface area contributed by atoms with E-state index in [1.165, 1.54) is 17.8 Å². The van der Waals surface area contributed by atoms with Crippen molar-refractivity contribution in [2.75, 3.05) is 26.1 Å². The molecule has 0 saturated heterocycles. The molecule has 1 aromatic carbocycles. The van der Waals surface area contributed by atoms with Crippen LogP contribution in [0.3, 0.4) is 0 Å². The molecule has 0 fully saturated rings. The molecule has 1 aromatic rings. The average molecular weight is 438 g/mol. The molecule has 0 bridgehead atoms. The number of carbonyl (C=O) groups is 1. The number of benzene rings is 1. The standard InChI is InChI=1S/C21H24F2N2O4S/c1-4-9-27-10-11-28-20(26)17-13(2)25-19(30-3)15(12-24)18(17)14-7-5-6-8-16(14)29-21(22)23/h5-8,18,21,25H,4,9-11H2,1-3H3/t18-/m1/s1. The summed E-state index contributed by atoms with van der Waals surface area (Å²) in [6.45, 7) is 1.44. The third kappa shape index (κ3) is 5.74. The molecule has 6 nitrogen and oxygen atoms in total. The van der Waals surface area contributed by atoms with Crippen molar-refractivity contribution < 1.29 is 27.8 Å². The van der Waals surface area contributed by atoms with Gasteiger partial charge in [-0.15, -0.1) is 11.8 Å². The van der Waals surface area contributed by atoms with Gasteiger partial charge in [-0.3, -0.25) is 0 Å². The highest BCUT2D eigenvalue weighted by Crippen LogP contribution is 2.43. The minimum absolute atomic E-state index is 0.0402. The summed E-state index contributed by atoms with van der Waals surface area (Å²) >= 11 is 1.29. The molecule has 30 heavy (non-hydrogen) atoms. The predicted molar refractivity (Wildman–Crippen MR) is 110 cm³/mol. The van der Waals surface area contributed by atoms with Crippen LogP contribution in [0, 0.1) is 11.3 Å².